The van der Waals surface area contributed by atoms with Crippen LogP contribution in [0.5, 0.6) is 5.75 Å². The van der Waals surface area contributed by atoms with Crippen LogP contribution in [-0.4, -0.2) is 49.2 Å². The second kappa shape index (κ2) is 8.60. The summed E-state index contributed by atoms with van der Waals surface area (Å²) in [6.07, 6.45) is 3.34. The highest BCUT2D eigenvalue weighted by Gasteiger charge is 2.41. The molecule has 1 aromatic carbocycles. The molecule has 8 heteroatoms. The number of nitrogens with two attached hydrogens (primary N) is 1. The molecule has 1 heterocycles. The minimum Gasteiger partial charge on any atom is -0.497 e. The molecule has 1 aliphatic heterocycles. The zero-order valence-corrected chi connectivity index (χ0v) is 16.7. The average molecular weight is 385 g/mol. The van der Waals surface area contributed by atoms with Crippen molar-refractivity contribution in [2.24, 2.45) is 10.8 Å². The molecule has 0 aromatic heterocycles. The second-order valence-corrected chi connectivity index (χ2v) is 6.52. The maximum absolute atomic E-state index is 13.0. The molecule has 8 nitrogen and oxygen atoms in total. The quantitative estimate of drug-likeness (QED) is 0.459. The molecule has 1 aromatic rings. The first kappa shape index (κ1) is 21.0. The number of benzene rings is 1. The number of hydrazone groups is 1. The molecule has 2 rings (SSSR count). The summed E-state index contributed by atoms with van der Waals surface area (Å²) in [5.74, 6) is 0.154. The number of allylic oxidation sites excluding steroid dienone is 1. The Kier molecular flexibility index (Phi) is 6.45. The molecule has 0 bridgehead atoms. The van der Waals surface area contributed by atoms with Crippen LogP contribution in [0, 0.1) is 0 Å². The number of fused-ring (bicyclic) bond motifs is 1. The molecule has 0 radical (unpaired) electrons. The topological polar surface area (TPSA) is 109 Å². The van der Waals surface area contributed by atoms with E-state index in [1.165, 1.54) is 6.92 Å². The van der Waals surface area contributed by atoms with Crippen molar-refractivity contribution in [2.45, 2.75) is 25.9 Å². The lowest BCUT2D eigenvalue weighted by atomic mass is 9.86. The van der Waals surface area contributed by atoms with Gasteiger partial charge in [0.2, 0.25) is 5.91 Å². The molecule has 1 unspecified atom stereocenters. The molecule has 0 aliphatic carbocycles. The Hall–Kier alpha value is -3.29. The van der Waals surface area contributed by atoms with E-state index in [0.717, 1.165) is 5.56 Å². The second-order valence-electron chi connectivity index (χ2n) is 6.52. The van der Waals surface area contributed by atoms with E-state index >= 15 is 0 Å². The Labute approximate surface area is 165 Å². The lowest BCUT2D eigenvalue weighted by Gasteiger charge is -2.38. The number of amides is 2. The maximum Gasteiger partial charge on any atom is 0.254 e. The van der Waals surface area contributed by atoms with Gasteiger partial charge in [-0.3, -0.25) is 9.59 Å². The van der Waals surface area contributed by atoms with Gasteiger partial charge in [0.15, 0.2) is 0 Å². The first-order chi connectivity index (χ1) is 13.3. The summed E-state index contributed by atoms with van der Waals surface area (Å²) in [5, 5.41) is 6.92. The summed E-state index contributed by atoms with van der Waals surface area (Å²) in [5.41, 5.74) is 9.94. The molecule has 150 valence electrons. The molecule has 0 spiro atoms. The van der Waals surface area contributed by atoms with Gasteiger partial charge in [0, 0.05) is 37.3 Å². The number of hydrogen-bond donors (Lipinski definition) is 3. The zero-order chi connectivity index (χ0) is 20.9. The maximum atomic E-state index is 13.0. The lowest BCUT2D eigenvalue weighted by molar-refractivity contribution is -0.120. The summed E-state index contributed by atoms with van der Waals surface area (Å²) in [6.45, 7) is 7.60. The molecule has 4 N–H and O–H groups in total. The van der Waals surface area contributed by atoms with E-state index < -0.39 is 5.54 Å². The molecule has 0 saturated carbocycles. The molecule has 0 fully saturated rings. The highest BCUT2D eigenvalue weighted by Crippen LogP contribution is 2.31. The molecule has 2 amide bonds. The van der Waals surface area contributed by atoms with Crippen LogP contribution in [0.15, 0.2) is 47.2 Å². The highest BCUT2D eigenvalue weighted by molar-refractivity contribution is 5.99. The number of rotatable bonds is 8. The van der Waals surface area contributed by atoms with Crippen LogP contribution in [0.25, 0.3) is 0 Å². The molecule has 1 atom stereocenters. The summed E-state index contributed by atoms with van der Waals surface area (Å²) in [6, 6.07) is 5.39. The number of nitrogens with zero attached hydrogens (tertiary/aromatic N) is 2. The first-order valence-corrected chi connectivity index (χ1v) is 8.85. The molecular formula is C20H27N5O3. The number of nitrogens with one attached hydrogen (secondary N) is 2. The standard InChI is InChI=1S/C20H27N5O3/c1-6-16(10-23-22-4)20(13(2)21,24-14(3)26)12-25-11-15-7-8-17(28-5)9-18(15)19(25)27/h6-10,22H,2,11-12,21H2,1,3-5H3,(H,24,26)/b16-6+,23-10-. The van der Waals surface area contributed by atoms with Crippen molar-refractivity contribution in [3.8, 4) is 5.75 Å². The van der Waals surface area contributed by atoms with Gasteiger partial charge in [0.05, 0.1) is 19.9 Å². The SMILES string of the molecule is C=C(N)C(CN1Cc2ccc(OC)cc2C1=O)(NC(C)=O)C(/C=N\NC)=C/C. The minimum absolute atomic E-state index is 0.118. The predicted molar refractivity (Wildman–Crippen MR) is 109 cm³/mol. The van der Waals surface area contributed by atoms with E-state index in [9.17, 15) is 9.59 Å². The minimum atomic E-state index is -1.18. The molecular weight excluding hydrogens is 358 g/mol. The Bertz CT molecular complexity index is 846. The monoisotopic (exact) mass is 385 g/mol. The molecule has 1 aliphatic rings. The smallest absolute Gasteiger partial charge is 0.254 e. The molecule has 28 heavy (non-hydrogen) atoms. The third kappa shape index (κ3) is 4.00. The Morgan fingerprint density at radius 3 is 2.75 bits per heavy atom. The van der Waals surface area contributed by atoms with Gasteiger partial charge in [0.25, 0.3) is 5.91 Å². The number of methoxy groups -OCH3 is 1. The van der Waals surface area contributed by atoms with E-state index in [4.69, 9.17) is 10.5 Å². The van der Waals surface area contributed by atoms with Crippen molar-refractivity contribution >= 4 is 18.0 Å². The summed E-state index contributed by atoms with van der Waals surface area (Å²) < 4.78 is 5.22. The first-order valence-electron chi connectivity index (χ1n) is 8.85. The Morgan fingerprint density at radius 2 is 2.21 bits per heavy atom. The van der Waals surface area contributed by atoms with Crippen LogP contribution in [-0.2, 0) is 11.3 Å². The fourth-order valence-electron chi connectivity index (χ4n) is 3.32. The third-order valence-electron chi connectivity index (χ3n) is 4.70. The van der Waals surface area contributed by atoms with Gasteiger partial charge >= 0.3 is 0 Å². The van der Waals surface area contributed by atoms with Crippen molar-refractivity contribution in [1.82, 2.24) is 15.6 Å². The van der Waals surface area contributed by atoms with E-state index in [2.05, 4.69) is 22.4 Å². The van der Waals surface area contributed by atoms with Crippen LogP contribution in [0.3, 0.4) is 0 Å². The van der Waals surface area contributed by atoms with Gasteiger partial charge in [-0.25, -0.2) is 0 Å². The number of carbonyl (C=O) groups excluding carboxylic acids is 2. The van der Waals surface area contributed by atoms with Crippen LogP contribution < -0.4 is 21.2 Å². The third-order valence-corrected chi connectivity index (χ3v) is 4.70. The normalized spacial score (nSPS) is 15.9. The van der Waals surface area contributed by atoms with Gasteiger partial charge in [-0.2, -0.15) is 5.10 Å². The summed E-state index contributed by atoms with van der Waals surface area (Å²) in [4.78, 5) is 26.6. The van der Waals surface area contributed by atoms with Crippen LogP contribution in [0.1, 0.15) is 29.8 Å². The Balaban J connectivity index is 2.45. The number of hydrogen-bond acceptors (Lipinski definition) is 6. The fourth-order valence-corrected chi connectivity index (χ4v) is 3.32. The fraction of sp³-hybridized carbons (Fsp3) is 0.350. The largest absolute Gasteiger partial charge is 0.497 e. The van der Waals surface area contributed by atoms with Crippen molar-refractivity contribution in [3.05, 3.63) is 53.3 Å². The van der Waals surface area contributed by atoms with Gasteiger partial charge in [-0.05, 0) is 24.6 Å². The summed E-state index contributed by atoms with van der Waals surface area (Å²) in [7, 11) is 3.22. The summed E-state index contributed by atoms with van der Waals surface area (Å²) >= 11 is 0. The van der Waals surface area contributed by atoms with Gasteiger partial charge < -0.3 is 26.1 Å². The predicted octanol–water partition coefficient (Wildman–Crippen LogP) is 1.15. The average Bonchev–Trinajstić information content (AvgIpc) is 2.96. The van der Waals surface area contributed by atoms with Crippen LogP contribution in [0.2, 0.25) is 0 Å². The van der Waals surface area contributed by atoms with E-state index in [1.807, 2.05) is 19.1 Å². The van der Waals surface area contributed by atoms with Gasteiger partial charge in [-0.1, -0.05) is 18.7 Å². The van der Waals surface area contributed by atoms with Gasteiger partial charge in [-0.15, -0.1) is 0 Å². The van der Waals surface area contributed by atoms with Crippen molar-refractivity contribution < 1.29 is 14.3 Å². The Morgan fingerprint density at radius 1 is 1.50 bits per heavy atom. The van der Waals surface area contributed by atoms with E-state index in [-0.39, 0.29) is 24.1 Å². The van der Waals surface area contributed by atoms with Gasteiger partial charge in [0.1, 0.15) is 11.3 Å². The molecule has 0 saturated heterocycles. The van der Waals surface area contributed by atoms with Crippen molar-refractivity contribution in [2.75, 3.05) is 20.7 Å². The van der Waals surface area contributed by atoms with E-state index in [1.54, 1.807) is 37.4 Å². The highest BCUT2D eigenvalue weighted by atomic mass is 16.5. The van der Waals surface area contributed by atoms with Crippen LogP contribution in [0.4, 0.5) is 0 Å². The number of ether oxygens (including phenoxy) is 1. The van der Waals surface area contributed by atoms with Crippen molar-refractivity contribution in [1.29, 1.82) is 0 Å². The van der Waals surface area contributed by atoms with E-state index in [0.29, 0.717) is 23.4 Å². The van der Waals surface area contributed by atoms with Crippen LogP contribution >= 0.6 is 0 Å². The number of carbonyl (C=O) groups is 2. The lowest BCUT2D eigenvalue weighted by Crippen LogP contribution is -2.59. The van der Waals surface area contributed by atoms with Crippen molar-refractivity contribution in [3.63, 3.8) is 0 Å². The zero-order valence-electron chi connectivity index (χ0n) is 16.7.